The lowest BCUT2D eigenvalue weighted by Crippen LogP contribution is -2.20. The summed E-state index contributed by atoms with van der Waals surface area (Å²) in [6.45, 7) is 0.776. The summed E-state index contributed by atoms with van der Waals surface area (Å²) >= 11 is 1.98. The maximum Gasteiger partial charge on any atom is 0.339 e. The van der Waals surface area contributed by atoms with E-state index in [0.717, 1.165) is 6.54 Å². The van der Waals surface area contributed by atoms with Gasteiger partial charge in [0.05, 0.1) is 11.9 Å². The monoisotopic (exact) mass is 267 g/mol. The second-order valence-electron chi connectivity index (χ2n) is 4.41. The first kappa shape index (κ1) is 13.0. The van der Waals surface area contributed by atoms with E-state index in [-0.39, 0.29) is 5.56 Å². The number of nitrogens with zero attached hydrogens (tertiary/aromatic N) is 1. The fourth-order valence-electron chi connectivity index (χ4n) is 1.98. The molecule has 0 aliphatic carbocycles. The van der Waals surface area contributed by atoms with E-state index >= 15 is 0 Å². The predicted molar refractivity (Wildman–Crippen MR) is 74.1 cm³/mol. The third kappa shape index (κ3) is 3.29. The van der Waals surface area contributed by atoms with Crippen LogP contribution >= 0.6 is 11.8 Å². The van der Waals surface area contributed by atoms with Gasteiger partial charge in [0, 0.05) is 6.54 Å². The van der Waals surface area contributed by atoms with E-state index in [1.165, 1.54) is 36.6 Å². The second-order valence-corrected chi connectivity index (χ2v) is 5.63. The molecule has 0 aromatic carbocycles. The van der Waals surface area contributed by atoms with Crippen molar-refractivity contribution in [1.82, 2.24) is 4.98 Å². The maximum atomic E-state index is 11.1. The largest absolute Gasteiger partial charge is 0.478 e. The molecule has 2 heterocycles. The number of aromatic nitrogens is 1. The summed E-state index contributed by atoms with van der Waals surface area (Å²) in [7, 11) is 0. The highest BCUT2D eigenvalue weighted by Gasteiger charge is 2.16. The molecule has 0 amide bonds. The molecule has 5 nitrogen and oxygen atoms in total. The number of carbonyl (C=O) groups is 1. The number of rotatable bonds is 4. The number of hydrogen-bond donors (Lipinski definition) is 3. The van der Waals surface area contributed by atoms with Crippen LogP contribution < -0.4 is 11.1 Å². The third-order valence-electron chi connectivity index (χ3n) is 3.04. The first-order valence-corrected chi connectivity index (χ1v) is 7.12. The minimum Gasteiger partial charge on any atom is -0.478 e. The van der Waals surface area contributed by atoms with Crippen LogP contribution in [0.4, 0.5) is 11.5 Å². The van der Waals surface area contributed by atoms with Crippen molar-refractivity contribution in [2.45, 2.75) is 12.8 Å². The van der Waals surface area contributed by atoms with Crippen molar-refractivity contribution < 1.29 is 9.90 Å². The molecule has 1 fully saturated rings. The number of nitrogens with two attached hydrogens (primary N) is 1. The zero-order valence-corrected chi connectivity index (χ0v) is 10.9. The first-order chi connectivity index (χ1) is 8.66. The number of nitrogens with one attached hydrogen (secondary N) is 1. The van der Waals surface area contributed by atoms with E-state index < -0.39 is 5.97 Å². The summed E-state index contributed by atoms with van der Waals surface area (Å²) in [5.74, 6) is 2.39. The normalized spacial score (nSPS) is 16.4. The quantitative estimate of drug-likeness (QED) is 0.772. The van der Waals surface area contributed by atoms with Gasteiger partial charge in [-0.25, -0.2) is 9.78 Å². The number of carboxylic acid groups (broad SMARTS) is 1. The number of pyridine rings is 1. The van der Waals surface area contributed by atoms with Crippen LogP contribution in [0.15, 0.2) is 12.3 Å². The molecule has 1 aliphatic rings. The number of thioether (sulfide) groups is 1. The summed E-state index contributed by atoms with van der Waals surface area (Å²) in [4.78, 5) is 15.1. The summed E-state index contributed by atoms with van der Waals surface area (Å²) in [6.07, 6.45) is 3.83. The van der Waals surface area contributed by atoms with Crippen LogP contribution in [0, 0.1) is 5.92 Å². The van der Waals surface area contributed by atoms with Crippen LogP contribution in [0.3, 0.4) is 0 Å². The first-order valence-electron chi connectivity index (χ1n) is 5.97. The van der Waals surface area contributed by atoms with E-state index in [2.05, 4.69) is 10.3 Å². The molecule has 0 bridgehead atoms. The average molecular weight is 267 g/mol. The van der Waals surface area contributed by atoms with Crippen molar-refractivity contribution >= 4 is 29.2 Å². The van der Waals surface area contributed by atoms with Gasteiger partial charge in [0.1, 0.15) is 11.4 Å². The number of anilines is 2. The minimum absolute atomic E-state index is 0.139. The zero-order chi connectivity index (χ0) is 13.0. The van der Waals surface area contributed by atoms with Crippen LogP contribution in [0.1, 0.15) is 23.2 Å². The van der Waals surface area contributed by atoms with Crippen LogP contribution in [0.5, 0.6) is 0 Å². The van der Waals surface area contributed by atoms with Crippen molar-refractivity contribution in [2.75, 3.05) is 29.1 Å². The smallest absolute Gasteiger partial charge is 0.339 e. The second kappa shape index (κ2) is 5.95. The molecule has 18 heavy (non-hydrogen) atoms. The van der Waals surface area contributed by atoms with Gasteiger partial charge in [-0.05, 0) is 36.3 Å². The summed E-state index contributed by atoms with van der Waals surface area (Å²) < 4.78 is 0. The van der Waals surface area contributed by atoms with Crippen molar-refractivity contribution in [3.8, 4) is 0 Å². The third-order valence-corrected chi connectivity index (χ3v) is 4.09. The minimum atomic E-state index is -1.00. The molecular weight excluding hydrogens is 250 g/mol. The van der Waals surface area contributed by atoms with Gasteiger partial charge in [-0.1, -0.05) is 0 Å². The molecule has 1 aromatic rings. The van der Waals surface area contributed by atoms with E-state index in [1.54, 1.807) is 0 Å². The number of hydrogen-bond acceptors (Lipinski definition) is 5. The molecule has 4 N–H and O–H groups in total. The fraction of sp³-hybridized carbons (Fsp3) is 0.500. The van der Waals surface area contributed by atoms with Crippen molar-refractivity contribution in [2.24, 2.45) is 5.92 Å². The van der Waals surface area contributed by atoms with Gasteiger partial charge in [-0.3, -0.25) is 0 Å². The Hall–Kier alpha value is -1.43. The fourth-order valence-corrected chi connectivity index (χ4v) is 3.18. The van der Waals surface area contributed by atoms with Gasteiger partial charge in [-0.15, -0.1) is 0 Å². The molecule has 0 radical (unpaired) electrons. The lowest BCUT2D eigenvalue weighted by atomic mass is 10.0. The van der Waals surface area contributed by atoms with Gasteiger partial charge in [0.2, 0.25) is 0 Å². The molecule has 2 rings (SSSR count). The molecule has 1 saturated heterocycles. The number of nitrogen functional groups attached to an aromatic ring is 1. The Bertz CT molecular complexity index is 433. The standard InChI is InChI=1S/C12H17N3O2S/c13-9-5-10(12(16)17)11(15-7-9)14-6-8-1-3-18-4-2-8/h5,7-8H,1-4,6,13H2,(H,14,15)(H,16,17). The summed E-state index contributed by atoms with van der Waals surface area (Å²) in [6, 6.07) is 1.44. The van der Waals surface area contributed by atoms with Crippen LogP contribution in [0.25, 0.3) is 0 Å². The molecule has 0 saturated carbocycles. The molecule has 1 aliphatic heterocycles. The van der Waals surface area contributed by atoms with Gasteiger partial charge in [-0.2, -0.15) is 11.8 Å². The molecule has 1 aromatic heterocycles. The Balaban J connectivity index is 2.01. The number of aromatic carboxylic acids is 1. The highest BCUT2D eigenvalue weighted by atomic mass is 32.2. The predicted octanol–water partition coefficient (Wildman–Crippen LogP) is 1.92. The van der Waals surface area contributed by atoms with E-state index in [4.69, 9.17) is 10.8 Å². The molecule has 6 heteroatoms. The topological polar surface area (TPSA) is 88.2 Å². The Morgan fingerprint density at radius 2 is 2.28 bits per heavy atom. The SMILES string of the molecule is Nc1cnc(NCC2CCSCC2)c(C(=O)O)c1. The Kier molecular flexibility index (Phi) is 4.30. The molecule has 98 valence electrons. The number of carboxylic acids is 1. The summed E-state index contributed by atoms with van der Waals surface area (Å²) in [5, 5.41) is 12.2. The lowest BCUT2D eigenvalue weighted by Gasteiger charge is -2.22. The van der Waals surface area contributed by atoms with Gasteiger partial charge < -0.3 is 16.2 Å². The van der Waals surface area contributed by atoms with Crippen LogP contribution in [0.2, 0.25) is 0 Å². The van der Waals surface area contributed by atoms with Crippen molar-refractivity contribution in [3.05, 3.63) is 17.8 Å². The van der Waals surface area contributed by atoms with Gasteiger partial charge in [0.15, 0.2) is 0 Å². The molecule has 0 atom stereocenters. The Labute approximate surface area is 110 Å². The molecule has 0 unspecified atom stereocenters. The van der Waals surface area contributed by atoms with Crippen LogP contribution in [-0.4, -0.2) is 34.1 Å². The Morgan fingerprint density at radius 1 is 1.56 bits per heavy atom. The van der Waals surface area contributed by atoms with Gasteiger partial charge in [0.25, 0.3) is 0 Å². The zero-order valence-electron chi connectivity index (χ0n) is 10.1. The van der Waals surface area contributed by atoms with E-state index in [1.807, 2.05) is 11.8 Å². The molecular formula is C12H17N3O2S. The van der Waals surface area contributed by atoms with Crippen LogP contribution in [-0.2, 0) is 0 Å². The lowest BCUT2D eigenvalue weighted by molar-refractivity contribution is 0.0697. The van der Waals surface area contributed by atoms with Crippen molar-refractivity contribution in [1.29, 1.82) is 0 Å². The highest BCUT2D eigenvalue weighted by Crippen LogP contribution is 2.23. The maximum absolute atomic E-state index is 11.1. The van der Waals surface area contributed by atoms with E-state index in [0.29, 0.717) is 17.4 Å². The average Bonchev–Trinajstić information content (AvgIpc) is 2.38. The summed E-state index contributed by atoms with van der Waals surface area (Å²) in [5.41, 5.74) is 6.05. The van der Waals surface area contributed by atoms with Crippen molar-refractivity contribution in [3.63, 3.8) is 0 Å². The molecule has 0 spiro atoms. The van der Waals surface area contributed by atoms with E-state index in [9.17, 15) is 4.79 Å². The van der Waals surface area contributed by atoms with Gasteiger partial charge >= 0.3 is 5.97 Å². The highest BCUT2D eigenvalue weighted by molar-refractivity contribution is 7.99. The Morgan fingerprint density at radius 3 is 2.94 bits per heavy atom.